The largest absolute Gasteiger partial charge is 0.353 e. The van der Waals surface area contributed by atoms with Crippen LogP contribution >= 0.6 is 11.8 Å². The van der Waals surface area contributed by atoms with Crippen LogP contribution in [-0.2, 0) is 4.79 Å². The number of hydrogen-bond donors (Lipinski definition) is 1. The van der Waals surface area contributed by atoms with Gasteiger partial charge in [-0.25, -0.2) is 0 Å². The van der Waals surface area contributed by atoms with E-state index in [9.17, 15) is 4.79 Å². The standard InChI is InChI=1S/C20H23N5OS/c1-24(2)18(16-9-5-3-6-10-16)13-21-19(26)14-27-20-23-22-15-25(20)17-11-7-4-8-12-17/h3-12,15,18H,13-14H2,1-2H3,(H,21,26)/t18-/m0/s1. The number of nitrogens with zero attached hydrogens (tertiary/aromatic N) is 4. The van der Waals surface area contributed by atoms with Gasteiger partial charge < -0.3 is 10.2 Å². The molecule has 1 atom stereocenters. The molecule has 0 fully saturated rings. The molecule has 2 aromatic carbocycles. The summed E-state index contributed by atoms with van der Waals surface area (Å²) >= 11 is 1.38. The number of thioether (sulfide) groups is 1. The number of amides is 1. The smallest absolute Gasteiger partial charge is 0.230 e. The van der Waals surface area contributed by atoms with Gasteiger partial charge in [0.2, 0.25) is 5.91 Å². The van der Waals surface area contributed by atoms with Crippen LogP contribution in [0.15, 0.2) is 72.1 Å². The van der Waals surface area contributed by atoms with E-state index in [1.807, 2.05) is 67.2 Å². The van der Waals surface area contributed by atoms with Crippen molar-refractivity contribution in [3.8, 4) is 5.69 Å². The minimum absolute atomic E-state index is 0.0228. The monoisotopic (exact) mass is 381 g/mol. The maximum absolute atomic E-state index is 12.3. The lowest BCUT2D eigenvalue weighted by molar-refractivity contribution is -0.118. The fourth-order valence-corrected chi connectivity index (χ4v) is 3.51. The Bertz CT molecular complexity index is 851. The molecule has 3 aromatic rings. The first kappa shape index (κ1) is 19.1. The first-order valence-electron chi connectivity index (χ1n) is 8.71. The van der Waals surface area contributed by atoms with Crippen LogP contribution in [0, 0.1) is 0 Å². The molecule has 0 saturated carbocycles. The summed E-state index contributed by atoms with van der Waals surface area (Å²) in [7, 11) is 4.03. The summed E-state index contributed by atoms with van der Waals surface area (Å²) in [4.78, 5) is 14.4. The van der Waals surface area contributed by atoms with E-state index in [-0.39, 0.29) is 11.9 Å². The molecule has 0 saturated heterocycles. The summed E-state index contributed by atoms with van der Waals surface area (Å²) in [6.45, 7) is 0.557. The number of hydrogen-bond acceptors (Lipinski definition) is 5. The van der Waals surface area contributed by atoms with Crippen molar-refractivity contribution in [2.24, 2.45) is 0 Å². The molecular weight excluding hydrogens is 358 g/mol. The molecule has 7 heteroatoms. The first-order chi connectivity index (χ1) is 13.1. The highest BCUT2D eigenvalue weighted by atomic mass is 32.2. The predicted octanol–water partition coefficient (Wildman–Crippen LogP) is 2.78. The van der Waals surface area contributed by atoms with Crippen molar-refractivity contribution >= 4 is 17.7 Å². The average Bonchev–Trinajstić information content (AvgIpc) is 3.16. The number of aromatic nitrogens is 3. The van der Waals surface area contributed by atoms with Crippen molar-refractivity contribution in [2.45, 2.75) is 11.2 Å². The molecule has 3 rings (SSSR count). The van der Waals surface area contributed by atoms with E-state index < -0.39 is 0 Å². The molecule has 140 valence electrons. The van der Waals surface area contributed by atoms with Crippen molar-refractivity contribution in [1.82, 2.24) is 25.0 Å². The molecule has 0 bridgehead atoms. The molecule has 0 aliphatic heterocycles. The molecule has 0 unspecified atom stereocenters. The van der Waals surface area contributed by atoms with Crippen molar-refractivity contribution < 1.29 is 4.79 Å². The molecular formula is C20H23N5OS. The van der Waals surface area contributed by atoms with Crippen molar-refractivity contribution in [2.75, 3.05) is 26.4 Å². The van der Waals surface area contributed by atoms with Crippen LogP contribution in [0.1, 0.15) is 11.6 Å². The second-order valence-corrected chi connectivity index (χ2v) is 7.24. The van der Waals surface area contributed by atoms with Gasteiger partial charge in [-0.3, -0.25) is 9.36 Å². The minimum Gasteiger partial charge on any atom is -0.353 e. The number of nitrogens with one attached hydrogen (secondary N) is 1. The van der Waals surface area contributed by atoms with Crippen LogP contribution in [-0.4, -0.2) is 52.0 Å². The number of carbonyl (C=O) groups excluding carboxylic acids is 1. The zero-order valence-corrected chi connectivity index (χ0v) is 16.3. The van der Waals surface area contributed by atoms with Crippen LogP contribution in [0.5, 0.6) is 0 Å². The minimum atomic E-state index is -0.0228. The van der Waals surface area contributed by atoms with Crippen LogP contribution in [0.3, 0.4) is 0 Å². The molecule has 0 radical (unpaired) electrons. The summed E-state index contributed by atoms with van der Waals surface area (Å²) in [6, 6.07) is 20.2. The van der Waals surface area contributed by atoms with Gasteiger partial charge in [0.05, 0.1) is 11.8 Å². The SMILES string of the molecule is CN(C)[C@@H](CNC(=O)CSc1nncn1-c1ccccc1)c1ccccc1. The predicted molar refractivity (Wildman–Crippen MR) is 108 cm³/mol. The van der Waals surface area contributed by atoms with Crippen LogP contribution in [0.4, 0.5) is 0 Å². The van der Waals surface area contributed by atoms with Crippen LogP contribution in [0.2, 0.25) is 0 Å². The number of para-hydroxylation sites is 1. The van der Waals surface area contributed by atoms with Crippen molar-refractivity contribution in [3.05, 3.63) is 72.6 Å². The first-order valence-corrected chi connectivity index (χ1v) is 9.70. The van der Waals surface area contributed by atoms with Gasteiger partial charge in [0, 0.05) is 12.2 Å². The maximum atomic E-state index is 12.3. The fourth-order valence-electron chi connectivity index (χ4n) is 2.75. The van der Waals surface area contributed by atoms with Crippen LogP contribution in [0.25, 0.3) is 5.69 Å². The zero-order chi connectivity index (χ0) is 19.1. The summed E-state index contributed by atoms with van der Waals surface area (Å²) in [5.74, 6) is 0.269. The van der Waals surface area contributed by atoms with E-state index in [1.54, 1.807) is 6.33 Å². The lowest BCUT2D eigenvalue weighted by Crippen LogP contribution is -2.35. The molecule has 27 heavy (non-hydrogen) atoms. The Kier molecular flexibility index (Phi) is 6.62. The number of likely N-dealkylation sites (N-methyl/N-ethyl adjacent to an activating group) is 1. The highest BCUT2D eigenvalue weighted by molar-refractivity contribution is 7.99. The Balaban J connectivity index is 1.55. The number of rotatable bonds is 8. The van der Waals surface area contributed by atoms with Gasteiger partial charge in [0.25, 0.3) is 0 Å². The molecule has 0 spiro atoms. The van der Waals surface area contributed by atoms with E-state index >= 15 is 0 Å². The molecule has 1 aromatic heterocycles. The third-order valence-electron chi connectivity index (χ3n) is 4.18. The van der Waals surface area contributed by atoms with Gasteiger partial charge >= 0.3 is 0 Å². The summed E-state index contributed by atoms with van der Waals surface area (Å²) in [5, 5.41) is 11.8. The summed E-state index contributed by atoms with van der Waals surface area (Å²) in [5.41, 5.74) is 2.15. The molecule has 0 aliphatic rings. The third-order valence-corrected chi connectivity index (χ3v) is 5.13. The van der Waals surface area contributed by atoms with Crippen molar-refractivity contribution in [3.63, 3.8) is 0 Å². The zero-order valence-electron chi connectivity index (χ0n) is 15.4. The van der Waals surface area contributed by atoms with Gasteiger partial charge in [0.15, 0.2) is 5.16 Å². The Morgan fingerprint density at radius 2 is 1.78 bits per heavy atom. The Morgan fingerprint density at radius 1 is 1.11 bits per heavy atom. The molecule has 0 aliphatic carbocycles. The quantitative estimate of drug-likeness (QED) is 0.608. The number of carbonyl (C=O) groups is 1. The van der Waals surface area contributed by atoms with Gasteiger partial charge in [-0.2, -0.15) is 0 Å². The normalized spacial score (nSPS) is 12.1. The van der Waals surface area contributed by atoms with Crippen molar-refractivity contribution in [1.29, 1.82) is 0 Å². The topological polar surface area (TPSA) is 63.1 Å². The van der Waals surface area contributed by atoms with E-state index in [2.05, 4.69) is 32.5 Å². The maximum Gasteiger partial charge on any atom is 0.230 e. The highest BCUT2D eigenvalue weighted by Gasteiger charge is 2.16. The number of benzene rings is 2. The summed E-state index contributed by atoms with van der Waals surface area (Å²) in [6.07, 6.45) is 1.66. The van der Waals surface area contributed by atoms with Gasteiger partial charge in [0.1, 0.15) is 6.33 Å². The van der Waals surface area contributed by atoms with E-state index in [4.69, 9.17) is 0 Å². The average molecular weight is 382 g/mol. The second-order valence-electron chi connectivity index (χ2n) is 6.30. The van der Waals surface area contributed by atoms with Gasteiger partial charge in [-0.15, -0.1) is 10.2 Å². The summed E-state index contributed by atoms with van der Waals surface area (Å²) < 4.78 is 1.88. The fraction of sp³-hybridized carbons (Fsp3) is 0.250. The lowest BCUT2D eigenvalue weighted by Gasteiger charge is -2.25. The van der Waals surface area contributed by atoms with E-state index in [0.717, 1.165) is 5.69 Å². The molecule has 6 nitrogen and oxygen atoms in total. The third kappa shape index (κ3) is 5.18. The van der Waals surface area contributed by atoms with E-state index in [0.29, 0.717) is 17.5 Å². The molecule has 1 amide bonds. The second kappa shape index (κ2) is 9.34. The van der Waals surface area contributed by atoms with Crippen LogP contribution < -0.4 is 5.32 Å². The van der Waals surface area contributed by atoms with Gasteiger partial charge in [-0.1, -0.05) is 60.3 Å². The van der Waals surface area contributed by atoms with E-state index in [1.165, 1.54) is 17.3 Å². The molecule has 1 N–H and O–H groups in total. The Hall–Kier alpha value is -2.64. The van der Waals surface area contributed by atoms with Gasteiger partial charge in [-0.05, 0) is 31.8 Å². The highest BCUT2D eigenvalue weighted by Crippen LogP contribution is 2.20. The molecule has 1 heterocycles. The Labute approximate surface area is 163 Å². The lowest BCUT2D eigenvalue weighted by atomic mass is 10.1. The Morgan fingerprint density at radius 3 is 2.44 bits per heavy atom.